The molecule has 1 heterocycles. The number of hydrogen-bond acceptors (Lipinski definition) is 2. The second kappa shape index (κ2) is 3.90. The van der Waals surface area contributed by atoms with E-state index in [4.69, 9.17) is 5.11 Å². The molecule has 0 unspecified atom stereocenters. The van der Waals surface area contributed by atoms with Crippen LogP contribution >= 0.6 is 15.9 Å². The molecule has 0 bridgehead atoms. The molecule has 84 valence electrons. The Morgan fingerprint density at radius 2 is 2.12 bits per heavy atom. The van der Waals surface area contributed by atoms with Crippen molar-refractivity contribution in [2.45, 2.75) is 12.8 Å². The minimum absolute atomic E-state index is 0.0578. The number of halogens is 1. The van der Waals surface area contributed by atoms with Crippen LogP contribution in [0.4, 0.5) is 5.69 Å². The van der Waals surface area contributed by atoms with Crippen molar-refractivity contribution in [3.8, 4) is 0 Å². The number of fused-ring (bicyclic) bond motifs is 1. The molecular weight excluding hydrogens is 274 g/mol. The van der Waals surface area contributed by atoms with Gasteiger partial charge in [-0.05, 0) is 40.0 Å². The van der Waals surface area contributed by atoms with Crippen LogP contribution in [-0.2, 0) is 11.2 Å². The molecule has 1 aromatic carbocycles. The van der Waals surface area contributed by atoms with Gasteiger partial charge in [-0.2, -0.15) is 0 Å². The number of anilines is 1. The van der Waals surface area contributed by atoms with E-state index in [1.54, 1.807) is 18.0 Å². The molecule has 0 aromatic heterocycles. The second-order valence-corrected chi connectivity index (χ2v) is 4.48. The van der Waals surface area contributed by atoms with Gasteiger partial charge in [-0.25, -0.2) is 4.79 Å². The van der Waals surface area contributed by atoms with E-state index >= 15 is 0 Å². The van der Waals surface area contributed by atoms with Crippen molar-refractivity contribution in [1.82, 2.24) is 0 Å². The van der Waals surface area contributed by atoms with E-state index in [1.165, 1.54) is 6.07 Å². The molecule has 1 aromatic rings. The Labute approximate surface area is 101 Å². The van der Waals surface area contributed by atoms with Crippen LogP contribution in [0, 0.1) is 0 Å². The van der Waals surface area contributed by atoms with Gasteiger partial charge in [0.05, 0.1) is 5.56 Å². The van der Waals surface area contributed by atoms with Gasteiger partial charge in [0.25, 0.3) is 0 Å². The minimum atomic E-state index is -0.964. The number of carbonyl (C=O) groups excluding carboxylic acids is 1. The van der Waals surface area contributed by atoms with Gasteiger partial charge in [0.1, 0.15) is 0 Å². The first-order valence-electron chi connectivity index (χ1n) is 4.83. The van der Waals surface area contributed by atoms with Crippen LogP contribution in [0.15, 0.2) is 16.6 Å². The Bertz CT molecular complexity index is 484. The Kier molecular flexibility index (Phi) is 2.71. The Morgan fingerprint density at radius 3 is 2.75 bits per heavy atom. The van der Waals surface area contributed by atoms with Gasteiger partial charge in [0.15, 0.2) is 0 Å². The van der Waals surface area contributed by atoms with Crippen LogP contribution in [0.1, 0.15) is 22.3 Å². The summed E-state index contributed by atoms with van der Waals surface area (Å²) >= 11 is 3.30. The third-order valence-corrected chi connectivity index (χ3v) is 3.68. The first-order valence-corrected chi connectivity index (χ1v) is 5.63. The highest BCUT2D eigenvalue weighted by molar-refractivity contribution is 9.10. The second-order valence-electron chi connectivity index (χ2n) is 3.68. The molecule has 0 saturated heterocycles. The third-order valence-electron chi connectivity index (χ3n) is 2.77. The minimum Gasteiger partial charge on any atom is -0.478 e. The molecule has 1 aliphatic heterocycles. The summed E-state index contributed by atoms with van der Waals surface area (Å²) in [6.07, 6.45) is 1.01. The number of benzene rings is 1. The summed E-state index contributed by atoms with van der Waals surface area (Å²) < 4.78 is 0.580. The molecule has 0 spiro atoms. The molecule has 16 heavy (non-hydrogen) atoms. The van der Waals surface area contributed by atoms with Crippen molar-refractivity contribution in [3.63, 3.8) is 0 Å². The summed E-state index contributed by atoms with van der Waals surface area (Å²) in [5, 5.41) is 8.97. The third kappa shape index (κ3) is 1.61. The smallest absolute Gasteiger partial charge is 0.336 e. The van der Waals surface area contributed by atoms with Crippen molar-refractivity contribution in [2.24, 2.45) is 0 Å². The van der Waals surface area contributed by atoms with Crippen LogP contribution in [0.25, 0.3) is 0 Å². The molecule has 2 rings (SSSR count). The van der Waals surface area contributed by atoms with E-state index in [0.29, 0.717) is 17.3 Å². The maximum atomic E-state index is 11.5. The summed E-state index contributed by atoms with van der Waals surface area (Å²) in [7, 11) is 1.70. The number of amides is 1. The molecule has 0 aliphatic carbocycles. The number of carboxylic acid groups (broad SMARTS) is 1. The molecular formula is C11H10BrNO3. The van der Waals surface area contributed by atoms with Crippen LogP contribution in [0.2, 0.25) is 0 Å². The number of carbonyl (C=O) groups is 2. The summed E-state index contributed by atoms with van der Waals surface area (Å²) in [5.41, 5.74) is 1.91. The molecule has 0 saturated carbocycles. The van der Waals surface area contributed by atoms with Gasteiger partial charge >= 0.3 is 5.97 Å². The molecule has 4 nitrogen and oxygen atoms in total. The quantitative estimate of drug-likeness (QED) is 0.858. The molecule has 1 N–H and O–H groups in total. The Morgan fingerprint density at radius 1 is 1.44 bits per heavy atom. The fraction of sp³-hybridized carbons (Fsp3) is 0.273. The van der Waals surface area contributed by atoms with Gasteiger partial charge in [-0.3, -0.25) is 4.79 Å². The van der Waals surface area contributed by atoms with Crippen LogP contribution in [0.5, 0.6) is 0 Å². The zero-order valence-electron chi connectivity index (χ0n) is 8.66. The van der Waals surface area contributed by atoms with Gasteiger partial charge in [0.2, 0.25) is 5.91 Å². The molecule has 0 radical (unpaired) electrons. The summed E-state index contributed by atoms with van der Waals surface area (Å²) in [6.45, 7) is 0. The summed E-state index contributed by atoms with van der Waals surface area (Å²) in [4.78, 5) is 24.0. The van der Waals surface area contributed by atoms with E-state index < -0.39 is 5.97 Å². The molecule has 1 aliphatic rings. The lowest BCUT2D eigenvalue weighted by Crippen LogP contribution is -2.31. The number of aromatic carboxylic acids is 1. The first kappa shape index (κ1) is 11.1. The maximum absolute atomic E-state index is 11.5. The van der Waals surface area contributed by atoms with E-state index in [-0.39, 0.29) is 11.5 Å². The summed E-state index contributed by atoms with van der Waals surface area (Å²) in [5.74, 6) is -0.906. The van der Waals surface area contributed by atoms with Crippen molar-refractivity contribution in [2.75, 3.05) is 11.9 Å². The van der Waals surface area contributed by atoms with Gasteiger partial charge < -0.3 is 10.0 Å². The van der Waals surface area contributed by atoms with Crippen molar-refractivity contribution >= 4 is 33.5 Å². The number of carboxylic acids is 1. The fourth-order valence-electron chi connectivity index (χ4n) is 1.86. The van der Waals surface area contributed by atoms with Crippen molar-refractivity contribution in [1.29, 1.82) is 0 Å². The highest BCUT2D eigenvalue weighted by atomic mass is 79.9. The molecule has 1 amide bonds. The highest BCUT2D eigenvalue weighted by Crippen LogP contribution is 2.34. The Balaban J connectivity index is 2.59. The SMILES string of the molecule is CN1C(=O)CCc2c1ccc(C(=O)O)c2Br. The lowest BCUT2D eigenvalue weighted by Gasteiger charge is -2.26. The predicted molar refractivity (Wildman–Crippen MR) is 62.8 cm³/mol. The Hall–Kier alpha value is -1.36. The zero-order valence-corrected chi connectivity index (χ0v) is 10.2. The molecule has 0 fully saturated rings. The van der Waals surface area contributed by atoms with E-state index in [9.17, 15) is 9.59 Å². The molecule has 0 atom stereocenters. The topological polar surface area (TPSA) is 57.6 Å². The van der Waals surface area contributed by atoms with Crippen molar-refractivity contribution in [3.05, 3.63) is 27.7 Å². The van der Waals surface area contributed by atoms with Gasteiger partial charge in [-0.1, -0.05) is 0 Å². The van der Waals surface area contributed by atoms with E-state index in [2.05, 4.69) is 15.9 Å². The maximum Gasteiger partial charge on any atom is 0.336 e. The predicted octanol–water partition coefficient (Wildman–Crippen LogP) is 2.06. The average molecular weight is 284 g/mol. The van der Waals surface area contributed by atoms with Gasteiger partial charge in [-0.15, -0.1) is 0 Å². The number of hydrogen-bond donors (Lipinski definition) is 1. The first-order chi connectivity index (χ1) is 7.52. The molecule has 5 heteroatoms. The van der Waals surface area contributed by atoms with Crippen LogP contribution in [0.3, 0.4) is 0 Å². The number of nitrogens with zero attached hydrogens (tertiary/aromatic N) is 1. The summed E-state index contributed by atoms with van der Waals surface area (Å²) in [6, 6.07) is 3.20. The zero-order chi connectivity index (χ0) is 11.9. The van der Waals surface area contributed by atoms with Crippen LogP contribution < -0.4 is 4.90 Å². The largest absolute Gasteiger partial charge is 0.478 e. The van der Waals surface area contributed by atoms with Gasteiger partial charge in [0, 0.05) is 23.6 Å². The monoisotopic (exact) mass is 283 g/mol. The standard InChI is InChI=1S/C11H10BrNO3/c1-13-8-4-2-7(11(15)16)10(12)6(8)3-5-9(13)14/h2,4H,3,5H2,1H3,(H,15,16). The average Bonchev–Trinajstić information content (AvgIpc) is 2.23. The lowest BCUT2D eigenvalue weighted by atomic mass is 9.99. The normalized spacial score (nSPS) is 14.9. The number of rotatable bonds is 1. The lowest BCUT2D eigenvalue weighted by molar-refractivity contribution is -0.118. The van der Waals surface area contributed by atoms with E-state index in [1.807, 2.05) is 0 Å². The fourth-order valence-corrected chi connectivity index (χ4v) is 2.57. The van der Waals surface area contributed by atoms with E-state index in [0.717, 1.165) is 11.3 Å². The van der Waals surface area contributed by atoms with Crippen LogP contribution in [-0.4, -0.2) is 24.0 Å². The van der Waals surface area contributed by atoms with Crippen molar-refractivity contribution < 1.29 is 14.7 Å². The highest BCUT2D eigenvalue weighted by Gasteiger charge is 2.25.